The molecule has 1 amide bonds. The number of piperidine rings is 1. The summed E-state index contributed by atoms with van der Waals surface area (Å²) in [5.41, 5.74) is 0. The van der Waals surface area contributed by atoms with E-state index in [0.717, 1.165) is 25.9 Å². The number of hydrogen-bond donors (Lipinski definition) is 0. The number of carbonyl (C=O) groups excluding carboxylic acids is 1. The molecule has 0 aromatic heterocycles. The van der Waals surface area contributed by atoms with Gasteiger partial charge < -0.3 is 0 Å². The molecule has 0 saturated carbocycles. The molecule has 3 heterocycles. The first kappa shape index (κ1) is 11.9. The van der Waals surface area contributed by atoms with Crippen LogP contribution in [0.15, 0.2) is 0 Å². The molecule has 3 rings (SSSR count). The maximum absolute atomic E-state index is 12.0. The Morgan fingerprint density at radius 2 is 1.94 bits per heavy atom. The van der Waals surface area contributed by atoms with E-state index in [1.807, 2.05) is 11.8 Å². The number of amides is 1. The fourth-order valence-corrected chi connectivity index (χ4v) is 4.26. The minimum absolute atomic E-state index is 0.0786. The lowest BCUT2D eigenvalue weighted by molar-refractivity contribution is -0.126. The minimum atomic E-state index is -3.38. The van der Waals surface area contributed by atoms with Crippen LogP contribution in [0.25, 0.3) is 0 Å². The first-order valence-corrected chi connectivity index (χ1v) is 7.43. The van der Waals surface area contributed by atoms with Gasteiger partial charge in [0.2, 0.25) is 15.9 Å². The lowest BCUT2D eigenvalue weighted by Gasteiger charge is -2.30. The highest BCUT2D eigenvalue weighted by atomic mass is 32.2. The zero-order valence-electron chi connectivity index (χ0n) is 9.55. The topological polar surface area (TPSA) is 57.7 Å². The zero-order valence-corrected chi connectivity index (χ0v) is 10.4. The molecule has 5 nitrogen and oxygen atoms in total. The van der Waals surface area contributed by atoms with Gasteiger partial charge in [-0.25, -0.2) is 12.7 Å². The van der Waals surface area contributed by atoms with Crippen molar-refractivity contribution in [3.05, 3.63) is 0 Å². The molecule has 3 fully saturated rings. The van der Waals surface area contributed by atoms with Crippen molar-refractivity contribution in [1.29, 1.82) is 0 Å². The molecule has 3 aliphatic rings. The monoisotopic (exact) mass is 246 g/mol. The van der Waals surface area contributed by atoms with Crippen LogP contribution in [0, 0.1) is 0 Å². The Morgan fingerprint density at radius 3 is 2.50 bits per heavy atom. The van der Waals surface area contributed by atoms with E-state index in [4.69, 9.17) is 0 Å². The summed E-state index contributed by atoms with van der Waals surface area (Å²) in [6, 6.07) is -0.0946. The van der Waals surface area contributed by atoms with Crippen molar-refractivity contribution >= 4 is 15.9 Å². The maximum atomic E-state index is 12.0. The Hall–Kier alpha value is -0.620. The number of rotatable bonds is 3. The van der Waals surface area contributed by atoms with Gasteiger partial charge in [-0.15, -0.1) is 0 Å². The van der Waals surface area contributed by atoms with Gasteiger partial charge in [0, 0.05) is 13.1 Å². The molecule has 3 saturated heterocycles. The molecule has 92 valence electrons. The molecule has 0 aliphatic carbocycles. The van der Waals surface area contributed by atoms with Crippen molar-refractivity contribution < 1.29 is 13.2 Å². The second kappa shape index (κ2) is 4.33. The second-order valence-electron chi connectivity index (χ2n) is 4.51. The van der Waals surface area contributed by atoms with Crippen molar-refractivity contribution in [2.24, 2.45) is 0 Å². The van der Waals surface area contributed by atoms with Crippen LogP contribution >= 0.6 is 0 Å². The predicted octanol–water partition coefficient (Wildman–Crippen LogP) is 0.0328. The van der Waals surface area contributed by atoms with Crippen molar-refractivity contribution in [2.75, 3.05) is 25.4 Å². The number of nitrogens with zero attached hydrogens (tertiary/aromatic N) is 2. The van der Waals surface area contributed by atoms with Gasteiger partial charge in [-0.05, 0) is 19.3 Å². The third kappa shape index (κ3) is 2.08. The molecule has 16 heavy (non-hydrogen) atoms. The van der Waals surface area contributed by atoms with E-state index in [1.54, 1.807) is 0 Å². The van der Waals surface area contributed by atoms with E-state index in [9.17, 15) is 13.2 Å². The van der Waals surface area contributed by atoms with E-state index >= 15 is 0 Å². The van der Waals surface area contributed by atoms with Crippen LogP contribution in [0.1, 0.15) is 26.2 Å². The number of hydrogen-bond acceptors (Lipinski definition) is 4. The molecular formula is C10H18N2O3S. The summed E-state index contributed by atoms with van der Waals surface area (Å²) in [5, 5.41) is 0. The average molecular weight is 246 g/mol. The van der Waals surface area contributed by atoms with Crippen LogP contribution in [0.5, 0.6) is 0 Å². The number of carbonyl (C=O) groups is 1. The first-order chi connectivity index (χ1) is 7.54. The largest absolute Gasteiger partial charge is 0.294 e. The molecule has 0 aromatic rings. The van der Waals surface area contributed by atoms with Crippen LogP contribution in [-0.2, 0) is 14.8 Å². The normalized spacial score (nSPS) is 30.6. The fraction of sp³-hybridized carbons (Fsp3) is 0.900. The summed E-state index contributed by atoms with van der Waals surface area (Å²) in [7, 11) is -3.38. The van der Waals surface area contributed by atoms with E-state index < -0.39 is 10.0 Å². The van der Waals surface area contributed by atoms with Crippen molar-refractivity contribution in [2.45, 2.75) is 32.2 Å². The molecule has 0 unspecified atom stereocenters. The molecule has 0 radical (unpaired) electrons. The number of fused-ring (bicyclic) bond motifs is 4. The molecule has 0 spiro atoms. The number of sulfonamides is 1. The molecule has 6 heteroatoms. The Labute approximate surface area is 96.5 Å². The van der Waals surface area contributed by atoms with Crippen molar-refractivity contribution in [3.8, 4) is 0 Å². The van der Waals surface area contributed by atoms with Gasteiger partial charge in [0.05, 0.1) is 18.3 Å². The van der Waals surface area contributed by atoms with Crippen LogP contribution < -0.4 is 0 Å². The SMILES string of the molecule is CCCS(=O)(=O)N1C(=O)CN2CCC1CC2. The van der Waals surface area contributed by atoms with E-state index in [-0.39, 0.29) is 24.2 Å². The molecule has 0 atom stereocenters. The van der Waals surface area contributed by atoms with Crippen molar-refractivity contribution in [3.63, 3.8) is 0 Å². The lowest BCUT2D eigenvalue weighted by Crippen LogP contribution is -2.45. The Kier molecular flexibility index (Phi) is 3.21. The quantitative estimate of drug-likeness (QED) is 0.705. The molecule has 3 aliphatic heterocycles. The maximum Gasteiger partial charge on any atom is 0.250 e. The van der Waals surface area contributed by atoms with Gasteiger partial charge in [-0.3, -0.25) is 9.69 Å². The Balaban J connectivity index is 2.27. The van der Waals surface area contributed by atoms with Crippen LogP contribution in [0.2, 0.25) is 0 Å². The third-order valence-electron chi connectivity index (χ3n) is 3.26. The molecule has 0 N–H and O–H groups in total. The average Bonchev–Trinajstić information content (AvgIpc) is 2.44. The van der Waals surface area contributed by atoms with E-state index in [2.05, 4.69) is 0 Å². The molecule has 2 bridgehead atoms. The van der Waals surface area contributed by atoms with E-state index in [1.165, 1.54) is 4.31 Å². The van der Waals surface area contributed by atoms with Gasteiger partial charge in [-0.2, -0.15) is 0 Å². The highest BCUT2D eigenvalue weighted by Gasteiger charge is 2.39. The van der Waals surface area contributed by atoms with Crippen LogP contribution in [0.3, 0.4) is 0 Å². The zero-order chi connectivity index (χ0) is 11.8. The van der Waals surface area contributed by atoms with Crippen molar-refractivity contribution in [1.82, 2.24) is 9.21 Å². The van der Waals surface area contributed by atoms with Gasteiger partial charge >= 0.3 is 0 Å². The summed E-state index contributed by atoms with van der Waals surface area (Å²) in [5.74, 6) is -0.164. The summed E-state index contributed by atoms with van der Waals surface area (Å²) in [6.07, 6.45) is 2.13. The third-order valence-corrected chi connectivity index (χ3v) is 5.28. The van der Waals surface area contributed by atoms with Gasteiger partial charge in [-0.1, -0.05) is 6.92 Å². The minimum Gasteiger partial charge on any atom is -0.294 e. The summed E-state index contributed by atoms with van der Waals surface area (Å²) >= 11 is 0. The molecular weight excluding hydrogens is 228 g/mol. The Bertz CT molecular complexity index is 372. The van der Waals surface area contributed by atoms with E-state index in [0.29, 0.717) is 6.42 Å². The van der Waals surface area contributed by atoms with Gasteiger partial charge in [0.25, 0.3) is 0 Å². The van der Waals surface area contributed by atoms with Gasteiger partial charge in [0.1, 0.15) is 0 Å². The summed E-state index contributed by atoms with van der Waals surface area (Å²) < 4.78 is 25.2. The van der Waals surface area contributed by atoms with Crippen LogP contribution in [0.4, 0.5) is 0 Å². The first-order valence-electron chi connectivity index (χ1n) is 5.82. The lowest BCUT2D eigenvalue weighted by atomic mass is 10.1. The predicted molar refractivity (Wildman–Crippen MR) is 60.4 cm³/mol. The Morgan fingerprint density at radius 1 is 1.31 bits per heavy atom. The highest BCUT2D eigenvalue weighted by Crippen LogP contribution is 2.24. The summed E-state index contributed by atoms with van der Waals surface area (Å²) in [4.78, 5) is 13.9. The van der Waals surface area contributed by atoms with Crippen LogP contribution in [-0.4, -0.2) is 55.0 Å². The highest BCUT2D eigenvalue weighted by molar-refractivity contribution is 7.89. The molecule has 0 aromatic carbocycles. The second-order valence-corrected chi connectivity index (χ2v) is 6.48. The smallest absolute Gasteiger partial charge is 0.250 e. The fourth-order valence-electron chi connectivity index (χ4n) is 2.52. The summed E-state index contributed by atoms with van der Waals surface area (Å²) in [6.45, 7) is 3.77. The standard InChI is InChI=1S/C10H18N2O3S/c1-2-7-16(14,15)12-9-3-5-11(6-4-9)8-10(12)13/h9H,2-8H2,1H3. The van der Waals surface area contributed by atoms with Gasteiger partial charge in [0.15, 0.2) is 0 Å².